The second-order valence-electron chi connectivity index (χ2n) is 18.9. The van der Waals surface area contributed by atoms with Crippen molar-refractivity contribution in [3.8, 4) is 0 Å². The van der Waals surface area contributed by atoms with Crippen molar-refractivity contribution in [1.29, 1.82) is 0 Å². The molecule has 4 fully saturated rings. The summed E-state index contributed by atoms with van der Waals surface area (Å²) in [4.78, 5) is 24.8. The summed E-state index contributed by atoms with van der Waals surface area (Å²) in [5, 5.41) is 27.3. The summed E-state index contributed by atoms with van der Waals surface area (Å²) in [6.07, 6.45) is 9.18. The van der Waals surface area contributed by atoms with Crippen LogP contribution in [0, 0.1) is 72.7 Å². The lowest BCUT2D eigenvalue weighted by atomic mass is 9.34. The molecule has 5 aliphatic rings. The maximum Gasteiger partial charge on any atom is 0.389 e. The van der Waals surface area contributed by atoms with Gasteiger partial charge >= 0.3 is 11.8 Å². The van der Waals surface area contributed by atoms with Gasteiger partial charge in [0.15, 0.2) is 0 Å². The van der Waals surface area contributed by atoms with Crippen LogP contribution in [0.1, 0.15) is 114 Å². The zero-order chi connectivity index (χ0) is 36.1. The molecule has 2 bridgehead atoms. The lowest BCUT2D eigenvalue weighted by Crippen LogP contribution is -2.69. The van der Waals surface area contributed by atoms with E-state index in [9.17, 15) is 20.0 Å². The molecule has 0 radical (unpaired) electrons. The van der Waals surface area contributed by atoms with E-state index in [0.29, 0.717) is 32.2 Å². The van der Waals surface area contributed by atoms with E-state index in [4.69, 9.17) is 15.2 Å². The van der Waals surface area contributed by atoms with Gasteiger partial charge in [0.2, 0.25) is 0 Å². The molecule has 3 N–H and O–H groups in total. The second-order valence-corrected chi connectivity index (χ2v) is 18.9. The van der Waals surface area contributed by atoms with Crippen molar-refractivity contribution in [3.05, 3.63) is 34.0 Å². The van der Waals surface area contributed by atoms with Crippen LogP contribution in [0.3, 0.4) is 0 Å². The van der Waals surface area contributed by atoms with Gasteiger partial charge in [0, 0.05) is 16.4 Å². The van der Waals surface area contributed by atoms with Crippen molar-refractivity contribution in [2.24, 2.45) is 68.3 Å². The SMILES string of the molecule is CC(C)[C@@H](C)[C@@]1(C)CC[C@]2(C)[C@H]3CC[C@@H]4[C@@]5(COC[C@@]4(C)[C@@H](OC[C@](C)(N)C(C)C)[C@H](n4ccc([N+](=O)[O-])n4)C5)C3=CC[C@@]2(C)[C@@H]1C(=O)O. The standard InChI is InChI=1S/C39H62N4O6/c1-23(2)25(5)34(6)16-17-36(8)26-11-12-29-35(7)20-48-22-39(29,27(26)13-15-37(36,9)31(34)33(44)45)19-28(42-18-14-30(41-42)43(46)47)32(35)49-21-38(10,40)24(3)4/h13-14,18,23-26,28-29,31-32H,11-12,15-17,19-22,40H2,1-10H3,(H,44,45)/t25-,26+,28-,29+,31-,32+,34-,35-,36-,37+,38+,39+/m1/s1. The summed E-state index contributed by atoms with van der Waals surface area (Å²) in [6.45, 7) is 23.6. The van der Waals surface area contributed by atoms with Crippen LogP contribution in [0.2, 0.25) is 0 Å². The average molecular weight is 683 g/mol. The lowest BCUT2D eigenvalue weighted by molar-refractivity contribution is -0.390. The normalized spacial score (nSPS) is 43.5. The Labute approximate surface area is 293 Å². The molecule has 0 aromatic carbocycles. The van der Waals surface area contributed by atoms with Crippen LogP contribution < -0.4 is 5.73 Å². The Bertz CT molecular complexity index is 1500. The topological polar surface area (TPSA) is 143 Å². The number of allylic oxidation sites excluding steroid dienone is 1. The van der Waals surface area contributed by atoms with Gasteiger partial charge in [-0.15, -0.1) is 0 Å². The third-order valence-corrected chi connectivity index (χ3v) is 16.1. The fourth-order valence-electron chi connectivity index (χ4n) is 12.2. The van der Waals surface area contributed by atoms with E-state index < -0.39 is 27.8 Å². The van der Waals surface area contributed by atoms with Crippen LogP contribution in [-0.4, -0.2) is 57.2 Å². The van der Waals surface area contributed by atoms with E-state index in [0.717, 1.165) is 32.1 Å². The molecule has 6 rings (SSSR count). The molecular formula is C39H62N4O6. The zero-order valence-corrected chi connectivity index (χ0v) is 31.6. The summed E-state index contributed by atoms with van der Waals surface area (Å²) in [6, 6.07) is 1.23. The van der Waals surface area contributed by atoms with E-state index in [1.165, 1.54) is 11.6 Å². The molecule has 1 aliphatic heterocycles. The Hall–Kier alpha value is -2.30. The number of rotatable bonds is 9. The van der Waals surface area contributed by atoms with Gasteiger partial charge in [0.1, 0.15) is 6.04 Å². The molecule has 12 atom stereocenters. The smallest absolute Gasteiger partial charge is 0.389 e. The quantitative estimate of drug-likeness (QED) is 0.153. The Morgan fingerprint density at radius 1 is 1.16 bits per heavy atom. The fraction of sp³-hybridized carbons (Fsp3) is 0.846. The first-order valence-electron chi connectivity index (χ1n) is 18.8. The number of aliphatic carboxylic acids is 1. The van der Waals surface area contributed by atoms with Crippen molar-refractivity contribution >= 4 is 11.8 Å². The predicted molar refractivity (Wildman–Crippen MR) is 189 cm³/mol. The summed E-state index contributed by atoms with van der Waals surface area (Å²) < 4.78 is 15.4. The molecule has 0 unspecified atom stereocenters. The van der Waals surface area contributed by atoms with Crippen LogP contribution in [0.4, 0.5) is 5.82 Å². The van der Waals surface area contributed by atoms with Gasteiger partial charge in [0.25, 0.3) is 0 Å². The molecule has 0 spiro atoms. The molecule has 10 nitrogen and oxygen atoms in total. The monoisotopic (exact) mass is 682 g/mol. The first-order chi connectivity index (χ1) is 22.7. The van der Waals surface area contributed by atoms with Crippen molar-refractivity contribution in [2.75, 3.05) is 19.8 Å². The second kappa shape index (κ2) is 11.9. The zero-order valence-electron chi connectivity index (χ0n) is 31.6. The number of nitrogens with two attached hydrogens (primary N) is 1. The van der Waals surface area contributed by atoms with Gasteiger partial charge in [-0.3, -0.25) is 4.79 Å². The molecule has 1 saturated heterocycles. The molecule has 0 amide bonds. The predicted octanol–water partition coefficient (Wildman–Crippen LogP) is 7.68. The third kappa shape index (κ3) is 5.11. The van der Waals surface area contributed by atoms with Gasteiger partial charge in [0.05, 0.1) is 49.2 Å². The van der Waals surface area contributed by atoms with E-state index in [-0.39, 0.29) is 63.3 Å². The minimum Gasteiger partial charge on any atom is -0.481 e. The Kier molecular flexibility index (Phi) is 8.84. The number of hydrogen-bond donors (Lipinski definition) is 2. The summed E-state index contributed by atoms with van der Waals surface area (Å²) in [5.41, 5.74) is 6.03. The summed E-state index contributed by atoms with van der Waals surface area (Å²) in [5.74, 6) is 0.100. The van der Waals surface area contributed by atoms with Gasteiger partial charge in [-0.25, -0.2) is 0 Å². The Morgan fingerprint density at radius 2 is 1.86 bits per heavy atom. The third-order valence-electron chi connectivity index (χ3n) is 16.1. The molecule has 274 valence electrons. The molecule has 3 saturated carbocycles. The number of ether oxygens (including phenoxy) is 2. The van der Waals surface area contributed by atoms with Gasteiger partial charge in [-0.05, 0) is 96.2 Å². The highest BCUT2D eigenvalue weighted by Gasteiger charge is 2.72. The maximum atomic E-state index is 13.4. The highest BCUT2D eigenvalue weighted by molar-refractivity contribution is 5.73. The minimum absolute atomic E-state index is 0.168. The van der Waals surface area contributed by atoms with E-state index in [2.05, 4.69) is 73.5 Å². The van der Waals surface area contributed by atoms with Crippen LogP contribution in [0.15, 0.2) is 23.9 Å². The average Bonchev–Trinajstić information content (AvgIpc) is 3.51. The summed E-state index contributed by atoms with van der Waals surface area (Å²) in [7, 11) is 0. The number of hydrogen-bond acceptors (Lipinski definition) is 7. The molecule has 1 aromatic rings. The largest absolute Gasteiger partial charge is 0.481 e. The van der Waals surface area contributed by atoms with Gasteiger partial charge < -0.3 is 30.4 Å². The van der Waals surface area contributed by atoms with Gasteiger partial charge in [-0.1, -0.05) is 74.0 Å². The molecular weight excluding hydrogens is 620 g/mol. The van der Waals surface area contributed by atoms with Crippen molar-refractivity contribution in [2.45, 2.75) is 125 Å². The number of aromatic nitrogens is 2. The van der Waals surface area contributed by atoms with Crippen molar-refractivity contribution in [1.82, 2.24) is 9.78 Å². The number of carboxylic acids is 1. The highest BCUT2D eigenvalue weighted by atomic mass is 16.6. The first kappa shape index (κ1) is 36.5. The Balaban J connectivity index is 1.46. The number of carboxylic acid groups (broad SMARTS) is 1. The maximum absolute atomic E-state index is 13.4. The molecule has 1 aromatic heterocycles. The minimum atomic E-state index is -0.660. The van der Waals surface area contributed by atoms with Crippen LogP contribution in [0.25, 0.3) is 0 Å². The molecule has 49 heavy (non-hydrogen) atoms. The molecule has 2 heterocycles. The first-order valence-corrected chi connectivity index (χ1v) is 18.8. The van der Waals surface area contributed by atoms with E-state index >= 15 is 0 Å². The van der Waals surface area contributed by atoms with Gasteiger partial charge in [-0.2, -0.15) is 4.68 Å². The molecule has 10 heteroatoms. The van der Waals surface area contributed by atoms with Crippen LogP contribution >= 0.6 is 0 Å². The Morgan fingerprint density at radius 3 is 2.45 bits per heavy atom. The number of nitrogens with zero attached hydrogens (tertiary/aromatic N) is 3. The highest BCUT2D eigenvalue weighted by Crippen LogP contribution is 2.75. The van der Waals surface area contributed by atoms with Crippen molar-refractivity contribution in [3.63, 3.8) is 0 Å². The summed E-state index contributed by atoms with van der Waals surface area (Å²) >= 11 is 0. The van der Waals surface area contributed by atoms with E-state index in [1.807, 2.05) is 6.92 Å². The van der Waals surface area contributed by atoms with E-state index in [1.54, 1.807) is 10.9 Å². The van der Waals surface area contributed by atoms with Crippen molar-refractivity contribution < 1.29 is 24.3 Å². The fourth-order valence-corrected chi connectivity index (χ4v) is 12.2. The van der Waals surface area contributed by atoms with Crippen LogP contribution in [-0.2, 0) is 14.3 Å². The van der Waals surface area contributed by atoms with Crippen LogP contribution in [0.5, 0.6) is 0 Å². The number of carbonyl (C=O) groups is 1. The number of nitro groups is 1. The number of fused-ring (bicyclic) bond motifs is 3. The molecule has 4 aliphatic carbocycles. The lowest BCUT2D eigenvalue weighted by Gasteiger charge is -2.71.